The zero-order valence-corrected chi connectivity index (χ0v) is 8.07. The first kappa shape index (κ1) is 13.3. The molecule has 0 saturated carbocycles. The van der Waals surface area contributed by atoms with Crippen LogP contribution in [-0.2, 0) is 4.79 Å². The quantitative estimate of drug-likeness (QED) is 0.666. The van der Waals surface area contributed by atoms with Gasteiger partial charge >= 0.3 is 0 Å². The summed E-state index contributed by atoms with van der Waals surface area (Å²) in [6.45, 7) is 3.99. The van der Waals surface area contributed by atoms with Gasteiger partial charge in [-0.3, -0.25) is 4.79 Å². The molecule has 0 rings (SSSR count). The molecule has 0 saturated heterocycles. The molecule has 0 aromatic rings. The average Bonchev–Trinajstić information content (AvgIpc) is 2.00. The van der Waals surface area contributed by atoms with E-state index in [1.54, 1.807) is 7.05 Å². The van der Waals surface area contributed by atoms with Crippen molar-refractivity contribution in [1.82, 2.24) is 5.32 Å². The third-order valence-corrected chi connectivity index (χ3v) is 1.81. The summed E-state index contributed by atoms with van der Waals surface area (Å²) in [5.74, 6) is 0.189. The number of amides is 1. The predicted octanol–water partition coefficient (Wildman–Crippen LogP) is 0.528. The molecule has 0 aliphatic carbocycles. The molecule has 0 spiro atoms. The number of hydrogen-bond acceptors (Lipinski definition) is 2. The second-order valence-corrected chi connectivity index (χ2v) is 2.53. The minimum atomic E-state index is -0.352. The molecule has 3 nitrogen and oxygen atoms in total. The van der Waals surface area contributed by atoms with Gasteiger partial charge in [-0.25, -0.2) is 0 Å². The van der Waals surface area contributed by atoms with E-state index in [1.807, 2.05) is 13.8 Å². The Morgan fingerprint density at radius 1 is 1.64 bits per heavy atom. The van der Waals surface area contributed by atoms with E-state index in [0.717, 1.165) is 6.42 Å². The van der Waals surface area contributed by atoms with Crippen LogP contribution in [0.15, 0.2) is 0 Å². The molecule has 3 N–H and O–H groups in total. The van der Waals surface area contributed by atoms with Gasteiger partial charge in [0.2, 0.25) is 5.91 Å². The van der Waals surface area contributed by atoms with E-state index in [1.165, 1.54) is 0 Å². The molecule has 1 amide bonds. The number of nitrogens with one attached hydrogen (secondary N) is 1. The van der Waals surface area contributed by atoms with Crippen LogP contribution in [0, 0.1) is 5.92 Å². The molecule has 0 radical (unpaired) electrons. The molecule has 11 heavy (non-hydrogen) atoms. The first-order valence-electron chi connectivity index (χ1n) is 3.60. The number of rotatable bonds is 3. The Morgan fingerprint density at radius 3 is 2.36 bits per heavy atom. The molecule has 0 aliphatic rings. The number of carbonyl (C=O) groups is 1. The molecule has 4 heteroatoms. The van der Waals surface area contributed by atoms with Crippen LogP contribution in [0.4, 0.5) is 0 Å². The SMILES string of the molecule is CCC(C)C(N)C(=O)NC.Cl. The largest absolute Gasteiger partial charge is 0.358 e. The summed E-state index contributed by atoms with van der Waals surface area (Å²) in [5, 5.41) is 2.52. The fraction of sp³-hybridized carbons (Fsp3) is 0.857. The van der Waals surface area contributed by atoms with Gasteiger partial charge in [0.05, 0.1) is 6.04 Å². The Hall–Kier alpha value is -0.280. The van der Waals surface area contributed by atoms with Crippen molar-refractivity contribution >= 4 is 18.3 Å². The standard InChI is InChI=1S/C7H16N2O.ClH/c1-4-5(2)6(8)7(10)9-3;/h5-6H,4,8H2,1-3H3,(H,9,10);1H. The maximum atomic E-state index is 10.9. The average molecular weight is 181 g/mol. The highest BCUT2D eigenvalue weighted by Gasteiger charge is 2.17. The summed E-state index contributed by atoms with van der Waals surface area (Å²) < 4.78 is 0. The first-order chi connectivity index (χ1) is 4.63. The van der Waals surface area contributed by atoms with Gasteiger partial charge in [-0.1, -0.05) is 20.3 Å². The van der Waals surface area contributed by atoms with Gasteiger partial charge in [-0.15, -0.1) is 12.4 Å². The van der Waals surface area contributed by atoms with Crippen molar-refractivity contribution in [1.29, 1.82) is 0 Å². The monoisotopic (exact) mass is 180 g/mol. The van der Waals surface area contributed by atoms with E-state index >= 15 is 0 Å². The maximum Gasteiger partial charge on any atom is 0.236 e. The predicted molar refractivity (Wildman–Crippen MR) is 48.7 cm³/mol. The highest BCUT2D eigenvalue weighted by Crippen LogP contribution is 2.04. The lowest BCUT2D eigenvalue weighted by Crippen LogP contribution is -2.43. The summed E-state index contributed by atoms with van der Waals surface area (Å²) in [5.41, 5.74) is 5.57. The van der Waals surface area contributed by atoms with Gasteiger partial charge in [0, 0.05) is 7.05 Å². The van der Waals surface area contributed by atoms with Gasteiger partial charge in [0.15, 0.2) is 0 Å². The van der Waals surface area contributed by atoms with Crippen LogP contribution in [0.2, 0.25) is 0 Å². The van der Waals surface area contributed by atoms with Gasteiger partial charge < -0.3 is 11.1 Å². The van der Waals surface area contributed by atoms with Crippen molar-refractivity contribution in [2.75, 3.05) is 7.05 Å². The van der Waals surface area contributed by atoms with Crippen molar-refractivity contribution in [2.45, 2.75) is 26.3 Å². The van der Waals surface area contributed by atoms with Crippen LogP contribution < -0.4 is 11.1 Å². The third kappa shape index (κ3) is 4.22. The Morgan fingerprint density at radius 2 is 2.09 bits per heavy atom. The van der Waals surface area contributed by atoms with Gasteiger partial charge in [0.1, 0.15) is 0 Å². The topological polar surface area (TPSA) is 55.1 Å². The van der Waals surface area contributed by atoms with E-state index in [-0.39, 0.29) is 30.3 Å². The zero-order valence-electron chi connectivity index (χ0n) is 7.26. The van der Waals surface area contributed by atoms with Crippen LogP contribution >= 0.6 is 12.4 Å². The molecule has 0 aromatic carbocycles. The molecule has 2 atom stereocenters. The Balaban J connectivity index is 0. The number of likely N-dealkylation sites (N-methyl/N-ethyl adjacent to an activating group) is 1. The second kappa shape index (κ2) is 6.43. The first-order valence-corrected chi connectivity index (χ1v) is 3.60. The summed E-state index contributed by atoms with van der Waals surface area (Å²) in [4.78, 5) is 10.9. The molecule has 0 fully saturated rings. The summed E-state index contributed by atoms with van der Waals surface area (Å²) >= 11 is 0. The van der Waals surface area contributed by atoms with Crippen LogP contribution in [0.3, 0.4) is 0 Å². The van der Waals surface area contributed by atoms with E-state index in [4.69, 9.17) is 5.73 Å². The second-order valence-electron chi connectivity index (χ2n) is 2.53. The summed E-state index contributed by atoms with van der Waals surface area (Å²) in [6.07, 6.45) is 0.939. The van der Waals surface area contributed by atoms with Crippen LogP contribution in [0.1, 0.15) is 20.3 Å². The van der Waals surface area contributed by atoms with Crippen LogP contribution in [-0.4, -0.2) is 19.0 Å². The van der Waals surface area contributed by atoms with Crippen molar-refractivity contribution in [3.8, 4) is 0 Å². The fourth-order valence-electron chi connectivity index (χ4n) is 0.679. The Kier molecular flexibility index (Phi) is 7.79. The zero-order chi connectivity index (χ0) is 8.15. The maximum absolute atomic E-state index is 10.9. The number of halogens is 1. The van der Waals surface area contributed by atoms with E-state index in [0.29, 0.717) is 0 Å². The smallest absolute Gasteiger partial charge is 0.236 e. The lowest BCUT2D eigenvalue weighted by atomic mass is 10.00. The molecule has 0 aliphatic heterocycles. The highest BCUT2D eigenvalue weighted by atomic mass is 35.5. The number of carbonyl (C=O) groups excluding carboxylic acids is 1. The Labute approximate surface area is 74.1 Å². The van der Waals surface area contributed by atoms with Crippen molar-refractivity contribution in [2.24, 2.45) is 11.7 Å². The van der Waals surface area contributed by atoms with E-state index in [9.17, 15) is 4.79 Å². The summed E-state index contributed by atoms with van der Waals surface area (Å²) in [7, 11) is 1.60. The lowest BCUT2D eigenvalue weighted by molar-refractivity contribution is -0.122. The molecule has 68 valence electrons. The molecule has 2 unspecified atom stereocenters. The van der Waals surface area contributed by atoms with Crippen LogP contribution in [0.5, 0.6) is 0 Å². The molecular weight excluding hydrogens is 164 g/mol. The normalized spacial score (nSPS) is 14.5. The van der Waals surface area contributed by atoms with E-state index < -0.39 is 0 Å². The lowest BCUT2D eigenvalue weighted by Gasteiger charge is -2.15. The number of nitrogens with two attached hydrogens (primary N) is 1. The van der Waals surface area contributed by atoms with Crippen LogP contribution in [0.25, 0.3) is 0 Å². The van der Waals surface area contributed by atoms with Crippen molar-refractivity contribution < 1.29 is 4.79 Å². The third-order valence-electron chi connectivity index (χ3n) is 1.81. The van der Waals surface area contributed by atoms with E-state index in [2.05, 4.69) is 5.32 Å². The van der Waals surface area contributed by atoms with Gasteiger partial charge in [0.25, 0.3) is 0 Å². The number of hydrogen-bond donors (Lipinski definition) is 2. The minimum Gasteiger partial charge on any atom is -0.358 e. The Bertz CT molecular complexity index is 119. The fourth-order valence-corrected chi connectivity index (χ4v) is 0.679. The molecule has 0 aromatic heterocycles. The highest BCUT2D eigenvalue weighted by molar-refractivity contribution is 5.85. The summed E-state index contributed by atoms with van der Waals surface area (Å²) in [6, 6.07) is -0.352. The van der Waals surface area contributed by atoms with Gasteiger partial charge in [-0.2, -0.15) is 0 Å². The van der Waals surface area contributed by atoms with Crippen molar-refractivity contribution in [3.63, 3.8) is 0 Å². The van der Waals surface area contributed by atoms with Crippen molar-refractivity contribution in [3.05, 3.63) is 0 Å². The minimum absolute atomic E-state index is 0. The van der Waals surface area contributed by atoms with Gasteiger partial charge in [-0.05, 0) is 5.92 Å². The molecule has 0 heterocycles. The molecule has 0 bridgehead atoms. The molecular formula is C7H17ClN2O.